The van der Waals surface area contributed by atoms with E-state index in [2.05, 4.69) is 31.2 Å². The number of hydrogen-bond donors (Lipinski definition) is 1. The van der Waals surface area contributed by atoms with Crippen molar-refractivity contribution in [3.63, 3.8) is 0 Å². The first-order chi connectivity index (χ1) is 7.65. The van der Waals surface area contributed by atoms with Crippen LogP contribution in [-0.4, -0.2) is 9.97 Å². The molecule has 82 valence electrons. The molecule has 1 aromatic carbocycles. The van der Waals surface area contributed by atoms with E-state index in [9.17, 15) is 4.39 Å². The molecule has 2 aromatic rings. The third-order valence-corrected chi connectivity index (χ3v) is 2.35. The number of benzene rings is 1. The Morgan fingerprint density at radius 1 is 1.25 bits per heavy atom. The number of hydrogen-bond acceptors (Lipinski definition) is 3. The highest BCUT2D eigenvalue weighted by molar-refractivity contribution is 9.10. The maximum Gasteiger partial charge on any atom is 0.228 e. The Kier molecular flexibility index (Phi) is 3.14. The van der Waals surface area contributed by atoms with Gasteiger partial charge in [0.05, 0.1) is 5.69 Å². The van der Waals surface area contributed by atoms with E-state index in [1.54, 1.807) is 24.3 Å². The molecule has 0 fully saturated rings. The number of nitrogens with one attached hydrogen (secondary N) is 1. The molecule has 0 aliphatic heterocycles. The fourth-order valence-corrected chi connectivity index (χ4v) is 1.77. The minimum atomic E-state index is -0.330. The maximum atomic E-state index is 13.3. The van der Waals surface area contributed by atoms with Crippen LogP contribution in [0, 0.1) is 12.7 Å². The molecule has 0 amide bonds. The summed E-state index contributed by atoms with van der Waals surface area (Å²) in [7, 11) is 0. The van der Waals surface area contributed by atoms with Gasteiger partial charge < -0.3 is 5.32 Å². The highest BCUT2D eigenvalue weighted by Gasteiger charge is 2.04. The van der Waals surface area contributed by atoms with Gasteiger partial charge in [-0.25, -0.2) is 14.4 Å². The first kappa shape index (κ1) is 11.0. The van der Waals surface area contributed by atoms with Gasteiger partial charge in [-0.15, -0.1) is 0 Å². The zero-order valence-corrected chi connectivity index (χ0v) is 10.1. The van der Waals surface area contributed by atoms with Crippen LogP contribution in [0.15, 0.2) is 34.9 Å². The van der Waals surface area contributed by atoms with Gasteiger partial charge in [0.1, 0.15) is 10.4 Å². The Balaban J connectivity index is 2.30. The molecule has 0 saturated heterocycles. The predicted molar refractivity (Wildman–Crippen MR) is 64.2 cm³/mol. The minimum absolute atomic E-state index is 0.330. The van der Waals surface area contributed by atoms with Crippen LogP contribution >= 0.6 is 15.9 Å². The molecule has 0 atom stereocenters. The van der Waals surface area contributed by atoms with Crippen LogP contribution in [0.4, 0.5) is 16.0 Å². The Hall–Kier alpha value is -1.49. The SMILES string of the molecule is Cc1cc(Br)nc(Nc2ccccc2F)n1. The third kappa shape index (κ3) is 2.55. The fraction of sp³-hybridized carbons (Fsp3) is 0.0909. The summed E-state index contributed by atoms with van der Waals surface area (Å²) in [5.41, 5.74) is 1.17. The second-order valence-electron chi connectivity index (χ2n) is 3.26. The molecule has 3 nitrogen and oxygen atoms in total. The summed E-state index contributed by atoms with van der Waals surface area (Å²) in [6.45, 7) is 1.85. The third-order valence-electron chi connectivity index (χ3n) is 1.94. The Morgan fingerprint density at radius 2 is 2.00 bits per heavy atom. The van der Waals surface area contributed by atoms with Crippen molar-refractivity contribution in [1.82, 2.24) is 9.97 Å². The van der Waals surface area contributed by atoms with Gasteiger partial charge in [-0.05, 0) is 41.1 Å². The maximum absolute atomic E-state index is 13.3. The molecule has 0 spiro atoms. The number of anilines is 2. The van der Waals surface area contributed by atoms with Gasteiger partial charge in [0.25, 0.3) is 0 Å². The summed E-state index contributed by atoms with van der Waals surface area (Å²) >= 11 is 3.26. The largest absolute Gasteiger partial charge is 0.322 e. The van der Waals surface area contributed by atoms with Crippen LogP contribution in [-0.2, 0) is 0 Å². The summed E-state index contributed by atoms with van der Waals surface area (Å²) in [5.74, 6) is 0.0423. The van der Waals surface area contributed by atoms with Crippen molar-refractivity contribution < 1.29 is 4.39 Å². The average Bonchev–Trinajstić information content (AvgIpc) is 2.20. The van der Waals surface area contributed by atoms with Gasteiger partial charge in [-0.3, -0.25) is 0 Å². The van der Waals surface area contributed by atoms with E-state index in [1.165, 1.54) is 6.07 Å². The zero-order chi connectivity index (χ0) is 11.5. The Labute approximate surface area is 101 Å². The molecule has 0 aliphatic carbocycles. The van der Waals surface area contributed by atoms with Gasteiger partial charge >= 0.3 is 0 Å². The highest BCUT2D eigenvalue weighted by Crippen LogP contribution is 2.18. The lowest BCUT2D eigenvalue weighted by atomic mass is 10.3. The summed E-state index contributed by atoms with van der Waals surface area (Å²) in [5, 5.41) is 2.83. The molecule has 0 aliphatic rings. The monoisotopic (exact) mass is 281 g/mol. The molecular formula is C11H9BrFN3. The molecule has 0 saturated carbocycles. The summed E-state index contributed by atoms with van der Waals surface area (Å²) in [6.07, 6.45) is 0. The summed E-state index contributed by atoms with van der Waals surface area (Å²) in [4.78, 5) is 8.25. The van der Waals surface area contributed by atoms with E-state index in [1.807, 2.05) is 6.92 Å². The van der Waals surface area contributed by atoms with E-state index in [-0.39, 0.29) is 5.82 Å². The molecule has 0 bridgehead atoms. The smallest absolute Gasteiger partial charge is 0.228 e. The van der Waals surface area contributed by atoms with E-state index < -0.39 is 0 Å². The molecule has 0 unspecified atom stereocenters. The van der Waals surface area contributed by atoms with Crippen LogP contribution in [0.2, 0.25) is 0 Å². The number of halogens is 2. The van der Waals surface area contributed by atoms with Gasteiger partial charge in [-0.2, -0.15) is 0 Å². The number of nitrogens with zero attached hydrogens (tertiary/aromatic N) is 2. The number of para-hydroxylation sites is 1. The lowest BCUT2D eigenvalue weighted by Gasteiger charge is -2.06. The van der Waals surface area contributed by atoms with Crippen LogP contribution in [0.25, 0.3) is 0 Å². The van der Waals surface area contributed by atoms with Gasteiger partial charge in [0.15, 0.2) is 0 Å². The number of aryl methyl sites for hydroxylation is 1. The molecule has 16 heavy (non-hydrogen) atoms. The average molecular weight is 282 g/mol. The lowest BCUT2D eigenvalue weighted by Crippen LogP contribution is -2.00. The Bertz CT molecular complexity index is 496. The van der Waals surface area contributed by atoms with Crippen molar-refractivity contribution in [3.05, 3.63) is 46.4 Å². The second-order valence-corrected chi connectivity index (χ2v) is 4.07. The number of aromatic nitrogens is 2. The second kappa shape index (κ2) is 4.57. The lowest BCUT2D eigenvalue weighted by molar-refractivity contribution is 0.631. The van der Waals surface area contributed by atoms with Crippen LogP contribution in [0.3, 0.4) is 0 Å². The van der Waals surface area contributed by atoms with E-state index in [0.717, 1.165) is 5.69 Å². The van der Waals surface area contributed by atoms with E-state index >= 15 is 0 Å². The van der Waals surface area contributed by atoms with Crippen molar-refractivity contribution in [2.45, 2.75) is 6.92 Å². The van der Waals surface area contributed by atoms with Gasteiger partial charge in [0, 0.05) is 5.69 Å². The molecule has 1 N–H and O–H groups in total. The van der Waals surface area contributed by atoms with Crippen molar-refractivity contribution in [2.75, 3.05) is 5.32 Å². The molecule has 1 aromatic heterocycles. The fourth-order valence-electron chi connectivity index (χ4n) is 1.27. The number of rotatable bonds is 2. The van der Waals surface area contributed by atoms with E-state index in [4.69, 9.17) is 0 Å². The van der Waals surface area contributed by atoms with Crippen molar-refractivity contribution in [1.29, 1.82) is 0 Å². The van der Waals surface area contributed by atoms with Gasteiger partial charge in [0.2, 0.25) is 5.95 Å². The van der Waals surface area contributed by atoms with E-state index in [0.29, 0.717) is 16.2 Å². The zero-order valence-electron chi connectivity index (χ0n) is 8.54. The molecule has 2 rings (SSSR count). The Morgan fingerprint density at radius 3 is 2.69 bits per heavy atom. The minimum Gasteiger partial charge on any atom is -0.322 e. The molecule has 1 heterocycles. The topological polar surface area (TPSA) is 37.8 Å². The summed E-state index contributed by atoms with van der Waals surface area (Å²) in [6, 6.07) is 8.18. The molecule has 5 heteroatoms. The standard InChI is InChI=1S/C11H9BrFN3/c1-7-6-10(12)16-11(14-7)15-9-5-3-2-4-8(9)13/h2-6H,1H3,(H,14,15,16). The first-order valence-electron chi connectivity index (χ1n) is 4.68. The predicted octanol–water partition coefficient (Wildman–Crippen LogP) is 3.43. The van der Waals surface area contributed by atoms with Gasteiger partial charge in [-0.1, -0.05) is 12.1 Å². The van der Waals surface area contributed by atoms with Crippen LogP contribution in [0.1, 0.15) is 5.69 Å². The highest BCUT2D eigenvalue weighted by atomic mass is 79.9. The van der Waals surface area contributed by atoms with Crippen molar-refractivity contribution >= 4 is 27.6 Å². The quantitative estimate of drug-likeness (QED) is 0.857. The normalized spacial score (nSPS) is 10.2. The van der Waals surface area contributed by atoms with Crippen LogP contribution < -0.4 is 5.32 Å². The molecule has 0 radical (unpaired) electrons. The van der Waals surface area contributed by atoms with Crippen molar-refractivity contribution in [3.8, 4) is 0 Å². The summed E-state index contributed by atoms with van der Waals surface area (Å²) < 4.78 is 14.0. The van der Waals surface area contributed by atoms with Crippen LogP contribution in [0.5, 0.6) is 0 Å². The van der Waals surface area contributed by atoms with Crippen molar-refractivity contribution in [2.24, 2.45) is 0 Å². The molecular weight excluding hydrogens is 273 g/mol. The first-order valence-corrected chi connectivity index (χ1v) is 5.47.